The summed E-state index contributed by atoms with van der Waals surface area (Å²) < 4.78 is 0. The first-order valence-corrected chi connectivity index (χ1v) is 15.6. The molecule has 0 saturated carbocycles. The number of pyridine rings is 2. The molecule has 0 spiro atoms. The normalized spacial score (nSPS) is 11.1. The molecule has 5 nitrogen and oxygen atoms in total. The van der Waals surface area contributed by atoms with E-state index in [9.17, 15) is 0 Å². The Morgan fingerprint density at radius 2 is 1.15 bits per heavy atom. The molecule has 0 aliphatic heterocycles. The van der Waals surface area contributed by atoms with Crippen molar-refractivity contribution in [2.45, 2.75) is 25.7 Å². The summed E-state index contributed by atoms with van der Waals surface area (Å²) in [5.74, 6) is 0. The maximum Gasteiger partial charge on any atom is 2.00 e. The van der Waals surface area contributed by atoms with Crippen molar-refractivity contribution in [2.75, 3.05) is 0 Å². The van der Waals surface area contributed by atoms with Crippen LogP contribution in [0.3, 0.4) is 0 Å². The molecule has 0 fully saturated rings. The molecular weight excluding hydrogens is 758 g/mol. The Morgan fingerprint density at radius 1 is 0.596 bits per heavy atom. The molecule has 0 bridgehead atoms. The van der Waals surface area contributed by atoms with Gasteiger partial charge in [-0.25, -0.2) is 0 Å². The van der Waals surface area contributed by atoms with Gasteiger partial charge >= 0.3 is 21.1 Å². The molecule has 0 aliphatic carbocycles. The van der Waals surface area contributed by atoms with Crippen LogP contribution in [0.5, 0.6) is 0 Å². The Hall–Kier alpha value is -5.12. The number of para-hydroxylation sites is 2. The first-order valence-electron chi connectivity index (χ1n) is 15.6. The van der Waals surface area contributed by atoms with Crippen LogP contribution >= 0.6 is 0 Å². The van der Waals surface area contributed by atoms with Crippen molar-refractivity contribution in [1.82, 2.24) is 25.1 Å². The summed E-state index contributed by atoms with van der Waals surface area (Å²) in [5.41, 5.74) is 9.30. The molecule has 8 aromatic rings. The molecule has 6 heteroatoms. The molecule has 4 heterocycles. The second-order valence-electron chi connectivity index (χ2n) is 11.2. The zero-order valence-corrected chi connectivity index (χ0v) is 28.5. The molecule has 47 heavy (non-hydrogen) atoms. The third kappa shape index (κ3) is 5.95. The van der Waals surface area contributed by atoms with E-state index >= 15 is 0 Å². The number of aromatic nitrogens is 5. The maximum atomic E-state index is 5.21. The van der Waals surface area contributed by atoms with E-state index in [4.69, 9.17) is 9.97 Å². The molecule has 232 valence electrons. The Labute approximate surface area is 289 Å². The van der Waals surface area contributed by atoms with E-state index in [-0.39, 0.29) is 21.1 Å². The number of hydrogen-bond donors (Lipinski definition) is 0. The van der Waals surface area contributed by atoms with Gasteiger partial charge in [-0.05, 0) is 65.1 Å². The van der Waals surface area contributed by atoms with Gasteiger partial charge in [0.25, 0.3) is 0 Å². The summed E-state index contributed by atoms with van der Waals surface area (Å²) in [7, 11) is 0. The van der Waals surface area contributed by atoms with E-state index in [2.05, 4.69) is 132 Å². The van der Waals surface area contributed by atoms with Crippen molar-refractivity contribution in [1.29, 1.82) is 0 Å². The average molecular weight is 791 g/mol. The van der Waals surface area contributed by atoms with E-state index in [1.54, 1.807) is 0 Å². The van der Waals surface area contributed by atoms with Gasteiger partial charge in [0.15, 0.2) is 0 Å². The van der Waals surface area contributed by atoms with Crippen molar-refractivity contribution in [3.05, 3.63) is 186 Å². The van der Waals surface area contributed by atoms with Gasteiger partial charge in [0.1, 0.15) is 5.41 Å². The zero-order chi connectivity index (χ0) is 31.3. The summed E-state index contributed by atoms with van der Waals surface area (Å²) in [6, 6.07) is 49.7. The molecule has 0 atom stereocenters. The molecular formula is C41H33N5Pt. The van der Waals surface area contributed by atoms with Gasteiger partial charge in [-0.1, -0.05) is 134 Å². The maximum absolute atomic E-state index is 5.21. The molecule has 0 saturated heterocycles. The minimum atomic E-state index is -0.679. The zero-order valence-electron chi connectivity index (χ0n) is 26.2. The largest absolute Gasteiger partial charge is 2.00 e. The van der Waals surface area contributed by atoms with Gasteiger partial charge in [0, 0.05) is 11.9 Å². The van der Waals surface area contributed by atoms with Gasteiger partial charge in [-0.3, -0.25) is 9.97 Å². The number of rotatable bonds is 6. The van der Waals surface area contributed by atoms with Crippen molar-refractivity contribution in [3.63, 3.8) is 0 Å². The van der Waals surface area contributed by atoms with Gasteiger partial charge < -0.3 is 15.2 Å². The number of fused-ring (bicyclic) bond motifs is 3. The third-order valence-electron chi connectivity index (χ3n) is 8.57. The SMILES string of the molecule is CCc1n[n-]c(-c2cccc(C(c3ccccc3)(c3ccccc3)c3ccccn3)n2)c1C.[Pt+2].c1ccc2c(c1)[n-]c1ccccc12. The van der Waals surface area contributed by atoms with Gasteiger partial charge in [-0.2, -0.15) is 0 Å². The average Bonchev–Trinajstić information content (AvgIpc) is 3.70. The quantitative estimate of drug-likeness (QED) is 0.169. The van der Waals surface area contributed by atoms with Crippen LogP contribution in [0.2, 0.25) is 0 Å². The van der Waals surface area contributed by atoms with E-state index < -0.39 is 5.41 Å². The van der Waals surface area contributed by atoms with Crippen molar-refractivity contribution in [2.24, 2.45) is 0 Å². The van der Waals surface area contributed by atoms with Gasteiger partial charge in [0.05, 0.1) is 17.1 Å². The Kier molecular flexibility index (Phi) is 9.56. The summed E-state index contributed by atoms with van der Waals surface area (Å²) in [6.45, 7) is 4.17. The Morgan fingerprint density at radius 3 is 1.70 bits per heavy atom. The van der Waals surface area contributed by atoms with Crippen LogP contribution in [0.4, 0.5) is 0 Å². The smallest absolute Gasteiger partial charge is 0.657 e. The second kappa shape index (κ2) is 14.1. The summed E-state index contributed by atoms with van der Waals surface area (Å²) in [6.07, 6.45) is 2.70. The fourth-order valence-corrected chi connectivity index (χ4v) is 6.33. The summed E-state index contributed by atoms with van der Waals surface area (Å²) >= 11 is 0. The molecule has 0 unspecified atom stereocenters. The van der Waals surface area contributed by atoms with Crippen LogP contribution in [0.25, 0.3) is 33.2 Å². The van der Waals surface area contributed by atoms with Crippen molar-refractivity contribution in [3.8, 4) is 11.4 Å². The minimum absolute atomic E-state index is 0. The number of aryl methyl sites for hydroxylation is 1. The van der Waals surface area contributed by atoms with Gasteiger partial charge in [0.2, 0.25) is 0 Å². The first kappa shape index (κ1) is 31.8. The number of nitrogens with zero attached hydrogens (tertiary/aromatic N) is 5. The van der Waals surface area contributed by atoms with E-state index in [0.29, 0.717) is 0 Å². The van der Waals surface area contributed by atoms with Crippen LogP contribution in [0.1, 0.15) is 40.7 Å². The monoisotopic (exact) mass is 790 g/mol. The fourth-order valence-electron chi connectivity index (χ4n) is 6.33. The molecule has 4 aromatic heterocycles. The van der Waals surface area contributed by atoms with Crippen LogP contribution in [0, 0.1) is 6.92 Å². The standard InChI is InChI=1S/C29H25N4.C12H8N.Pt/c1-3-24-21(2)28(33-32-24)25-17-12-19-27(31-25)29(22-13-6-4-7-14-22,23-15-8-5-9-16-23)26-18-10-11-20-30-26;1-3-7-11-9(5-1)10-6-2-4-8-12(10)13-11;/h4-20H,3H2,1-2H3;1-8H;/q2*-1;+2. The fraction of sp³-hybridized carbons (Fsp3) is 0.0976. The summed E-state index contributed by atoms with van der Waals surface area (Å²) in [5, 5.41) is 11.3. The Bertz CT molecular complexity index is 2060. The van der Waals surface area contributed by atoms with Crippen LogP contribution in [-0.4, -0.2) is 15.1 Å². The van der Waals surface area contributed by atoms with E-state index in [0.717, 1.165) is 62.6 Å². The molecule has 0 radical (unpaired) electrons. The molecule has 8 rings (SSSR count). The second-order valence-corrected chi connectivity index (χ2v) is 11.2. The molecule has 0 amide bonds. The van der Waals surface area contributed by atoms with Crippen molar-refractivity contribution < 1.29 is 21.1 Å². The predicted molar refractivity (Wildman–Crippen MR) is 186 cm³/mol. The Balaban J connectivity index is 0.000000229. The molecule has 4 aromatic carbocycles. The van der Waals surface area contributed by atoms with Crippen LogP contribution in [-0.2, 0) is 32.9 Å². The molecule has 0 N–H and O–H groups in total. The number of hydrogen-bond acceptors (Lipinski definition) is 3. The first-order chi connectivity index (χ1) is 22.7. The third-order valence-corrected chi connectivity index (χ3v) is 8.57. The van der Waals surface area contributed by atoms with Crippen LogP contribution in [0.15, 0.2) is 152 Å². The number of benzene rings is 4. The van der Waals surface area contributed by atoms with Crippen molar-refractivity contribution >= 4 is 21.8 Å². The predicted octanol–water partition coefficient (Wildman–Crippen LogP) is 8.70. The topological polar surface area (TPSA) is 66.9 Å². The van der Waals surface area contributed by atoms with Gasteiger partial charge in [-0.15, -0.1) is 11.0 Å². The minimum Gasteiger partial charge on any atom is -0.657 e. The summed E-state index contributed by atoms with van der Waals surface area (Å²) in [4.78, 5) is 14.6. The van der Waals surface area contributed by atoms with Crippen LogP contribution < -0.4 is 10.1 Å². The van der Waals surface area contributed by atoms with E-state index in [1.807, 2.05) is 48.7 Å². The van der Waals surface area contributed by atoms with E-state index in [1.165, 1.54) is 10.8 Å². The molecule has 0 aliphatic rings.